The van der Waals surface area contributed by atoms with E-state index in [9.17, 15) is 9.59 Å². The summed E-state index contributed by atoms with van der Waals surface area (Å²) in [5.41, 5.74) is 1.91. The zero-order valence-corrected chi connectivity index (χ0v) is 19.9. The molecule has 2 aromatic carbocycles. The molecule has 0 aliphatic carbocycles. The number of benzene rings is 2. The predicted molar refractivity (Wildman–Crippen MR) is 134 cm³/mol. The van der Waals surface area contributed by atoms with Gasteiger partial charge >= 0.3 is 0 Å². The second kappa shape index (κ2) is 13.5. The number of hydrogen-bond acceptors (Lipinski definition) is 4. The molecular weight excluding hydrogens is 422 g/mol. The minimum absolute atomic E-state index is 0.0446. The molecule has 0 bridgehead atoms. The number of nitrogens with one attached hydrogen (secondary N) is 3. The first-order valence-corrected chi connectivity index (χ1v) is 11.6. The average Bonchev–Trinajstić information content (AvgIpc) is 2.77. The van der Waals surface area contributed by atoms with E-state index in [1.165, 1.54) is 25.7 Å². The van der Waals surface area contributed by atoms with Gasteiger partial charge in [0.2, 0.25) is 5.91 Å². The monoisotopic (exact) mass is 455 g/mol. The fraction of sp³-hybridized carbons (Fsp3) is 0.400. The molecule has 0 saturated carbocycles. The van der Waals surface area contributed by atoms with Crippen LogP contribution in [0.1, 0.15) is 63.2 Å². The molecule has 3 N–H and O–H groups in total. The second-order valence-electron chi connectivity index (χ2n) is 7.92. The summed E-state index contributed by atoms with van der Waals surface area (Å²) in [4.78, 5) is 24.2. The Balaban J connectivity index is 1.77. The molecule has 0 fully saturated rings. The van der Waals surface area contributed by atoms with Crippen molar-refractivity contribution in [3.63, 3.8) is 0 Å². The van der Waals surface area contributed by atoms with Gasteiger partial charge in [0.15, 0.2) is 5.11 Å². The van der Waals surface area contributed by atoms with E-state index in [1.54, 1.807) is 48.5 Å². The van der Waals surface area contributed by atoms with Crippen molar-refractivity contribution < 1.29 is 14.3 Å². The summed E-state index contributed by atoms with van der Waals surface area (Å²) in [6.45, 7) is 6.55. The minimum atomic E-state index is -0.297. The molecule has 0 saturated heterocycles. The van der Waals surface area contributed by atoms with Gasteiger partial charge in [-0.3, -0.25) is 14.9 Å². The van der Waals surface area contributed by atoms with Crippen molar-refractivity contribution in [2.45, 2.75) is 52.9 Å². The third-order valence-electron chi connectivity index (χ3n) is 4.79. The first-order chi connectivity index (χ1) is 15.4. The van der Waals surface area contributed by atoms with E-state index in [2.05, 4.69) is 22.9 Å². The Hall–Kier alpha value is -2.93. The Morgan fingerprint density at radius 2 is 1.47 bits per heavy atom. The van der Waals surface area contributed by atoms with Gasteiger partial charge in [-0.15, -0.1) is 0 Å². The fourth-order valence-electron chi connectivity index (χ4n) is 2.86. The molecule has 0 atom stereocenters. The standard InChI is InChI=1S/C25H33N3O3S/c1-4-5-6-7-8-17-31-22-15-9-19(10-16-22)24(30)28-25(32)27-21-13-11-20(12-14-21)26-23(29)18(2)3/h9-16,18H,4-8,17H2,1-3H3,(H,26,29)(H2,27,28,30,32). The van der Waals surface area contributed by atoms with Crippen LogP contribution in [0.25, 0.3) is 0 Å². The van der Waals surface area contributed by atoms with E-state index in [1.807, 2.05) is 13.8 Å². The van der Waals surface area contributed by atoms with Crippen LogP contribution >= 0.6 is 12.2 Å². The first kappa shape index (κ1) is 25.3. The average molecular weight is 456 g/mol. The van der Waals surface area contributed by atoms with Crippen molar-refractivity contribution >= 4 is 40.5 Å². The molecule has 0 unspecified atom stereocenters. The van der Waals surface area contributed by atoms with E-state index in [0.29, 0.717) is 23.5 Å². The number of anilines is 2. The van der Waals surface area contributed by atoms with E-state index in [4.69, 9.17) is 17.0 Å². The lowest BCUT2D eigenvalue weighted by Gasteiger charge is -2.12. The number of carbonyl (C=O) groups is 2. The SMILES string of the molecule is CCCCCCCOc1ccc(C(=O)NC(=S)Nc2ccc(NC(=O)C(C)C)cc2)cc1. The van der Waals surface area contributed by atoms with Crippen LogP contribution in [-0.4, -0.2) is 23.5 Å². The molecule has 0 aliphatic rings. The van der Waals surface area contributed by atoms with Gasteiger partial charge in [0.25, 0.3) is 5.91 Å². The van der Waals surface area contributed by atoms with Crippen molar-refractivity contribution in [3.8, 4) is 5.75 Å². The largest absolute Gasteiger partial charge is 0.494 e. The highest BCUT2D eigenvalue weighted by atomic mass is 32.1. The quantitative estimate of drug-likeness (QED) is 0.297. The van der Waals surface area contributed by atoms with Crippen LogP contribution in [0.5, 0.6) is 5.75 Å². The maximum absolute atomic E-state index is 12.4. The topological polar surface area (TPSA) is 79.5 Å². The Morgan fingerprint density at radius 3 is 2.06 bits per heavy atom. The van der Waals surface area contributed by atoms with Gasteiger partial charge in [-0.1, -0.05) is 46.5 Å². The Labute approximate surface area is 196 Å². The Bertz CT molecular complexity index is 880. The van der Waals surface area contributed by atoms with Crippen molar-refractivity contribution in [1.29, 1.82) is 0 Å². The number of ether oxygens (including phenoxy) is 1. The maximum Gasteiger partial charge on any atom is 0.257 e. The molecule has 7 heteroatoms. The summed E-state index contributed by atoms with van der Waals surface area (Å²) in [5.74, 6) is 0.320. The number of thiocarbonyl (C=S) groups is 1. The smallest absolute Gasteiger partial charge is 0.257 e. The molecule has 0 aliphatic heterocycles. The maximum atomic E-state index is 12.4. The summed E-state index contributed by atoms with van der Waals surface area (Å²) in [7, 11) is 0. The predicted octanol–water partition coefficient (Wildman–Crippen LogP) is 5.76. The van der Waals surface area contributed by atoms with Gasteiger partial charge in [-0.25, -0.2) is 0 Å². The van der Waals surface area contributed by atoms with E-state index < -0.39 is 0 Å². The van der Waals surface area contributed by atoms with E-state index in [-0.39, 0.29) is 22.8 Å². The Kier molecular flexibility index (Phi) is 10.7. The molecule has 0 aromatic heterocycles. The molecule has 32 heavy (non-hydrogen) atoms. The lowest BCUT2D eigenvalue weighted by Crippen LogP contribution is -2.34. The van der Waals surface area contributed by atoms with E-state index >= 15 is 0 Å². The number of rotatable bonds is 11. The minimum Gasteiger partial charge on any atom is -0.494 e. The number of amides is 2. The van der Waals surface area contributed by atoms with Crippen LogP contribution < -0.4 is 20.7 Å². The van der Waals surface area contributed by atoms with Crippen molar-refractivity contribution in [3.05, 3.63) is 54.1 Å². The van der Waals surface area contributed by atoms with Crippen LogP contribution in [0.2, 0.25) is 0 Å². The van der Waals surface area contributed by atoms with Crippen LogP contribution in [-0.2, 0) is 4.79 Å². The zero-order valence-electron chi connectivity index (χ0n) is 19.1. The number of hydrogen-bond donors (Lipinski definition) is 3. The molecule has 2 rings (SSSR count). The normalized spacial score (nSPS) is 10.5. The highest BCUT2D eigenvalue weighted by Gasteiger charge is 2.09. The van der Waals surface area contributed by atoms with Gasteiger partial charge in [-0.2, -0.15) is 0 Å². The highest BCUT2D eigenvalue weighted by molar-refractivity contribution is 7.80. The van der Waals surface area contributed by atoms with Gasteiger partial charge in [0, 0.05) is 22.9 Å². The summed E-state index contributed by atoms with van der Waals surface area (Å²) in [6, 6.07) is 14.1. The van der Waals surface area contributed by atoms with Crippen molar-refractivity contribution in [2.75, 3.05) is 17.2 Å². The van der Waals surface area contributed by atoms with Gasteiger partial charge < -0.3 is 15.4 Å². The zero-order chi connectivity index (χ0) is 23.3. The number of unbranched alkanes of at least 4 members (excludes halogenated alkanes) is 4. The van der Waals surface area contributed by atoms with Crippen LogP contribution in [0.4, 0.5) is 11.4 Å². The third-order valence-corrected chi connectivity index (χ3v) is 5.00. The summed E-state index contributed by atoms with van der Waals surface area (Å²) in [5, 5.41) is 8.66. The molecular formula is C25H33N3O3S. The van der Waals surface area contributed by atoms with Gasteiger partial charge in [-0.05, 0) is 67.2 Å². The van der Waals surface area contributed by atoms with Crippen molar-refractivity contribution in [2.24, 2.45) is 5.92 Å². The van der Waals surface area contributed by atoms with Crippen LogP contribution in [0.15, 0.2) is 48.5 Å². The molecule has 0 heterocycles. The highest BCUT2D eigenvalue weighted by Crippen LogP contribution is 2.15. The molecule has 2 amide bonds. The Morgan fingerprint density at radius 1 is 0.875 bits per heavy atom. The molecule has 2 aromatic rings. The van der Waals surface area contributed by atoms with Crippen molar-refractivity contribution in [1.82, 2.24) is 5.32 Å². The second-order valence-corrected chi connectivity index (χ2v) is 8.32. The van der Waals surface area contributed by atoms with Crippen LogP contribution in [0, 0.1) is 5.92 Å². The van der Waals surface area contributed by atoms with Crippen LogP contribution in [0.3, 0.4) is 0 Å². The van der Waals surface area contributed by atoms with Gasteiger partial charge in [0.1, 0.15) is 5.75 Å². The fourth-order valence-corrected chi connectivity index (χ4v) is 3.07. The summed E-state index contributed by atoms with van der Waals surface area (Å²) in [6.07, 6.45) is 5.95. The molecule has 0 radical (unpaired) electrons. The number of carbonyl (C=O) groups excluding carboxylic acids is 2. The lowest BCUT2D eigenvalue weighted by atomic mass is 10.2. The van der Waals surface area contributed by atoms with E-state index in [0.717, 1.165) is 12.2 Å². The first-order valence-electron chi connectivity index (χ1n) is 11.1. The molecule has 0 spiro atoms. The summed E-state index contributed by atoms with van der Waals surface area (Å²) >= 11 is 5.24. The van der Waals surface area contributed by atoms with Gasteiger partial charge in [0.05, 0.1) is 6.61 Å². The molecule has 6 nitrogen and oxygen atoms in total. The lowest BCUT2D eigenvalue weighted by molar-refractivity contribution is -0.118. The summed E-state index contributed by atoms with van der Waals surface area (Å²) < 4.78 is 5.73. The molecule has 172 valence electrons. The third kappa shape index (κ3) is 9.06.